The molecule has 0 saturated heterocycles. The van der Waals surface area contributed by atoms with E-state index in [4.69, 9.17) is 21.1 Å². The first kappa shape index (κ1) is 28.5. The third-order valence-corrected chi connectivity index (χ3v) is 6.73. The molecule has 0 heterocycles. The number of carbonyl (C=O) groups excluding carboxylic acids is 2. The van der Waals surface area contributed by atoms with Crippen LogP contribution in [0.2, 0.25) is 5.02 Å². The largest absolute Gasteiger partial charge is 0.465 e. The van der Waals surface area contributed by atoms with Gasteiger partial charge in [0.1, 0.15) is 5.75 Å². The monoisotopic (exact) mass is 466 g/mol. The number of benzene rings is 1. The zero-order valence-electron chi connectivity index (χ0n) is 20.6. The highest BCUT2D eigenvalue weighted by Gasteiger charge is 2.46. The van der Waals surface area contributed by atoms with Crippen molar-refractivity contribution < 1.29 is 19.1 Å². The highest BCUT2D eigenvalue weighted by Crippen LogP contribution is 2.32. The quantitative estimate of drug-likeness (QED) is 0.100. The lowest BCUT2D eigenvalue weighted by molar-refractivity contribution is -0.168. The van der Waals surface area contributed by atoms with Crippen molar-refractivity contribution in [3.8, 4) is 5.75 Å². The van der Waals surface area contributed by atoms with E-state index in [1.807, 2.05) is 20.8 Å². The first-order valence-electron chi connectivity index (χ1n) is 12.6. The first-order valence-corrected chi connectivity index (χ1v) is 12.9. The molecule has 0 aliphatic carbocycles. The molecule has 32 heavy (non-hydrogen) atoms. The lowest BCUT2D eigenvalue weighted by Gasteiger charge is -2.26. The van der Waals surface area contributed by atoms with Gasteiger partial charge in [0.15, 0.2) is 5.41 Å². The smallest absolute Gasteiger partial charge is 0.328 e. The Hall–Kier alpha value is -1.55. The maximum Gasteiger partial charge on any atom is 0.328 e. The van der Waals surface area contributed by atoms with Gasteiger partial charge < -0.3 is 9.47 Å². The molecule has 0 aromatic heterocycles. The zero-order chi connectivity index (χ0) is 23.8. The standard InChI is InChI=1S/C27H43ClO4/c1-5-8-9-10-11-12-13-14-15-16-17-20-31-25(29)27(6-2,7-3)26(30)32-23-18-19-24(28)22(4)21-23/h18-19,21H,5-17,20H2,1-4H3. The molecule has 0 atom stereocenters. The molecule has 0 amide bonds. The molecule has 0 bridgehead atoms. The van der Waals surface area contributed by atoms with Crippen molar-refractivity contribution in [2.45, 2.75) is 111 Å². The van der Waals surface area contributed by atoms with Crippen LogP contribution in [0.25, 0.3) is 0 Å². The van der Waals surface area contributed by atoms with Gasteiger partial charge in [-0.2, -0.15) is 0 Å². The average Bonchev–Trinajstić information content (AvgIpc) is 2.78. The summed E-state index contributed by atoms with van der Waals surface area (Å²) in [6.45, 7) is 8.08. The number of unbranched alkanes of at least 4 members (excludes halogenated alkanes) is 10. The SMILES string of the molecule is CCCCCCCCCCCCCOC(=O)C(CC)(CC)C(=O)Oc1ccc(Cl)c(C)c1. The van der Waals surface area contributed by atoms with Crippen molar-refractivity contribution in [1.82, 2.24) is 0 Å². The van der Waals surface area contributed by atoms with Crippen LogP contribution < -0.4 is 4.74 Å². The van der Waals surface area contributed by atoms with Crippen molar-refractivity contribution >= 4 is 23.5 Å². The van der Waals surface area contributed by atoms with Crippen molar-refractivity contribution in [1.29, 1.82) is 0 Å². The van der Waals surface area contributed by atoms with E-state index >= 15 is 0 Å². The van der Waals surface area contributed by atoms with E-state index in [1.165, 1.54) is 51.4 Å². The van der Waals surface area contributed by atoms with Crippen LogP contribution in [0.5, 0.6) is 5.75 Å². The predicted octanol–water partition coefficient (Wildman–Crippen LogP) is 8.21. The zero-order valence-corrected chi connectivity index (χ0v) is 21.4. The third-order valence-electron chi connectivity index (χ3n) is 6.31. The van der Waals surface area contributed by atoms with Gasteiger partial charge in [-0.25, -0.2) is 0 Å². The number of rotatable bonds is 17. The Morgan fingerprint density at radius 3 is 1.84 bits per heavy atom. The molecule has 0 fully saturated rings. The Kier molecular flexibility index (Phi) is 14.4. The average molecular weight is 467 g/mol. The Morgan fingerprint density at radius 2 is 1.34 bits per heavy atom. The highest BCUT2D eigenvalue weighted by molar-refractivity contribution is 6.31. The summed E-state index contributed by atoms with van der Waals surface area (Å²) in [6, 6.07) is 5.02. The molecule has 5 heteroatoms. The van der Waals surface area contributed by atoms with Crippen LogP contribution in [0, 0.1) is 12.3 Å². The summed E-state index contributed by atoms with van der Waals surface area (Å²) in [5, 5.41) is 0.605. The molecule has 4 nitrogen and oxygen atoms in total. The number of ether oxygens (including phenoxy) is 2. The van der Waals surface area contributed by atoms with Crippen LogP contribution in [0.4, 0.5) is 0 Å². The maximum absolute atomic E-state index is 12.9. The fraction of sp³-hybridized carbons (Fsp3) is 0.704. The lowest BCUT2D eigenvalue weighted by Crippen LogP contribution is -2.42. The molecule has 0 aliphatic rings. The molecule has 1 rings (SSSR count). The number of halogens is 1. The fourth-order valence-electron chi connectivity index (χ4n) is 3.87. The van der Waals surface area contributed by atoms with Gasteiger partial charge in [0, 0.05) is 5.02 Å². The molecule has 0 radical (unpaired) electrons. The van der Waals surface area contributed by atoms with E-state index in [0.717, 1.165) is 24.8 Å². The predicted molar refractivity (Wildman–Crippen MR) is 132 cm³/mol. The van der Waals surface area contributed by atoms with Crippen molar-refractivity contribution in [2.75, 3.05) is 6.61 Å². The summed E-state index contributed by atoms with van der Waals surface area (Å²) < 4.78 is 11.0. The van der Waals surface area contributed by atoms with Crippen LogP contribution >= 0.6 is 11.6 Å². The summed E-state index contributed by atoms with van der Waals surface area (Å²) >= 11 is 6.04. The summed E-state index contributed by atoms with van der Waals surface area (Å²) in [5.41, 5.74) is -0.458. The minimum absolute atomic E-state index is 0.339. The molecule has 0 spiro atoms. The van der Waals surface area contributed by atoms with E-state index in [0.29, 0.717) is 30.2 Å². The Balaban J connectivity index is 2.35. The van der Waals surface area contributed by atoms with Crippen LogP contribution in [-0.2, 0) is 14.3 Å². The molecule has 0 aliphatic heterocycles. The number of carbonyl (C=O) groups is 2. The van der Waals surface area contributed by atoms with Crippen LogP contribution in [0.15, 0.2) is 18.2 Å². The van der Waals surface area contributed by atoms with Gasteiger partial charge in [-0.3, -0.25) is 9.59 Å². The molecule has 1 aromatic rings. The van der Waals surface area contributed by atoms with Gasteiger partial charge in [0.25, 0.3) is 0 Å². The highest BCUT2D eigenvalue weighted by atomic mass is 35.5. The topological polar surface area (TPSA) is 52.6 Å². The molecule has 182 valence electrons. The second kappa shape index (κ2) is 16.1. The number of esters is 2. The summed E-state index contributed by atoms with van der Waals surface area (Å²) in [7, 11) is 0. The van der Waals surface area contributed by atoms with E-state index in [1.54, 1.807) is 18.2 Å². The number of hydrogen-bond donors (Lipinski definition) is 0. The van der Waals surface area contributed by atoms with Crippen LogP contribution in [-0.4, -0.2) is 18.5 Å². The van der Waals surface area contributed by atoms with Gasteiger partial charge in [0.05, 0.1) is 6.61 Å². The second-order valence-electron chi connectivity index (χ2n) is 8.76. The van der Waals surface area contributed by atoms with Crippen molar-refractivity contribution in [2.24, 2.45) is 5.41 Å². The molecule has 0 saturated carbocycles. The first-order chi connectivity index (χ1) is 15.4. The number of hydrogen-bond acceptors (Lipinski definition) is 4. The van der Waals surface area contributed by atoms with E-state index in [2.05, 4.69) is 6.92 Å². The molecule has 0 unspecified atom stereocenters. The van der Waals surface area contributed by atoms with Crippen molar-refractivity contribution in [3.05, 3.63) is 28.8 Å². The summed E-state index contributed by atoms with van der Waals surface area (Å²) in [4.78, 5) is 25.7. The molecule has 0 N–H and O–H groups in total. The van der Waals surface area contributed by atoms with Gasteiger partial charge in [-0.1, -0.05) is 96.6 Å². The molecule has 1 aromatic carbocycles. The van der Waals surface area contributed by atoms with Gasteiger partial charge in [-0.05, 0) is 49.9 Å². The summed E-state index contributed by atoms with van der Waals surface area (Å²) in [6.07, 6.45) is 14.3. The van der Waals surface area contributed by atoms with E-state index in [-0.39, 0.29) is 0 Å². The minimum atomic E-state index is -1.27. The van der Waals surface area contributed by atoms with E-state index < -0.39 is 17.4 Å². The maximum atomic E-state index is 12.9. The molecular formula is C27H43ClO4. The fourth-order valence-corrected chi connectivity index (χ4v) is 3.98. The van der Waals surface area contributed by atoms with Crippen molar-refractivity contribution in [3.63, 3.8) is 0 Å². The van der Waals surface area contributed by atoms with Gasteiger partial charge in [-0.15, -0.1) is 0 Å². The second-order valence-corrected chi connectivity index (χ2v) is 9.17. The van der Waals surface area contributed by atoms with E-state index in [9.17, 15) is 9.59 Å². The minimum Gasteiger partial charge on any atom is -0.465 e. The Morgan fingerprint density at radius 1 is 0.812 bits per heavy atom. The Labute approximate surface area is 200 Å². The van der Waals surface area contributed by atoms with Crippen LogP contribution in [0.1, 0.15) is 110 Å². The van der Waals surface area contributed by atoms with Crippen LogP contribution in [0.3, 0.4) is 0 Å². The number of aryl methyl sites for hydroxylation is 1. The molecular weight excluding hydrogens is 424 g/mol. The third kappa shape index (κ3) is 9.52. The van der Waals surface area contributed by atoms with Gasteiger partial charge >= 0.3 is 11.9 Å². The Bertz CT molecular complexity index is 682. The normalized spacial score (nSPS) is 11.4. The summed E-state index contributed by atoms with van der Waals surface area (Å²) in [5.74, 6) is -0.653. The lowest BCUT2D eigenvalue weighted by atomic mass is 9.82. The van der Waals surface area contributed by atoms with Gasteiger partial charge in [0.2, 0.25) is 0 Å².